The molecule has 0 aromatic carbocycles. The minimum absolute atomic E-state index is 0.0370. The summed E-state index contributed by atoms with van der Waals surface area (Å²) >= 11 is 0. The SMILES string of the molecule is O=C1CCC2(CCN1)CCN(C(=O)c1cnn3cc(CCO)cnc13)CC2. The van der Waals surface area contributed by atoms with Crippen molar-refractivity contribution in [1.82, 2.24) is 24.8 Å². The number of rotatable bonds is 3. The highest BCUT2D eigenvalue weighted by Crippen LogP contribution is 2.40. The van der Waals surface area contributed by atoms with E-state index in [1.165, 1.54) is 0 Å². The van der Waals surface area contributed by atoms with E-state index in [1.54, 1.807) is 23.1 Å². The number of aliphatic hydroxyl groups is 1. The van der Waals surface area contributed by atoms with Crippen LogP contribution in [0.3, 0.4) is 0 Å². The van der Waals surface area contributed by atoms with Crippen molar-refractivity contribution in [3.63, 3.8) is 0 Å². The van der Waals surface area contributed by atoms with Gasteiger partial charge in [0.2, 0.25) is 5.91 Å². The second-order valence-electron chi connectivity index (χ2n) is 7.65. The number of nitrogens with zero attached hydrogens (tertiary/aromatic N) is 4. The molecule has 1 spiro atoms. The molecule has 4 heterocycles. The van der Waals surface area contributed by atoms with Crippen LogP contribution in [-0.4, -0.2) is 62.7 Å². The van der Waals surface area contributed by atoms with Crippen molar-refractivity contribution in [3.05, 3.63) is 29.7 Å². The van der Waals surface area contributed by atoms with Gasteiger partial charge in [0.05, 0.1) is 6.20 Å². The average Bonchev–Trinajstić information content (AvgIpc) is 3.01. The van der Waals surface area contributed by atoms with Gasteiger partial charge in [-0.2, -0.15) is 5.10 Å². The van der Waals surface area contributed by atoms with Gasteiger partial charge < -0.3 is 15.3 Å². The molecule has 0 atom stereocenters. The van der Waals surface area contributed by atoms with Crippen LogP contribution in [0.25, 0.3) is 5.65 Å². The van der Waals surface area contributed by atoms with Crippen molar-refractivity contribution < 1.29 is 14.7 Å². The summed E-state index contributed by atoms with van der Waals surface area (Å²) in [5.41, 5.74) is 2.11. The molecule has 8 heteroatoms. The number of carbonyl (C=O) groups is 2. The maximum absolute atomic E-state index is 13.0. The Kier molecular flexibility index (Phi) is 4.82. The number of piperidine rings is 1. The summed E-state index contributed by atoms with van der Waals surface area (Å²) in [4.78, 5) is 30.9. The predicted octanol–water partition coefficient (Wildman–Crippen LogP) is 0.787. The first kappa shape index (κ1) is 17.9. The Bertz CT molecular complexity index is 854. The van der Waals surface area contributed by atoms with E-state index in [2.05, 4.69) is 15.4 Å². The van der Waals surface area contributed by atoms with Gasteiger partial charge in [-0.05, 0) is 43.1 Å². The lowest BCUT2D eigenvalue weighted by Crippen LogP contribution is -2.43. The van der Waals surface area contributed by atoms with Crippen molar-refractivity contribution in [1.29, 1.82) is 0 Å². The van der Waals surface area contributed by atoms with Crippen LogP contribution < -0.4 is 5.32 Å². The van der Waals surface area contributed by atoms with Crippen molar-refractivity contribution in [3.8, 4) is 0 Å². The molecule has 2 aromatic rings. The van der Waals surface area contributed by atoms with E-state index in [0.29, 0.717) is 37.1 Å². The minimum Gasteiger partial charge on any atom is -0.396 e. The first-order valence-corrected chi connectivity index (χ1v) is 9.59. The maximum atomic E-state index is 13.0. The molecule has 2 N–H and O–H groups in total. The van der Waals surface area contributed by atoms with Crippen molar-refractivity contribution >= 4 is 17.5 Å². The Morgan fingerprint density at radius 1 is 1.22 bits per heavy atom. The lowest BCUT2D eigenvalue weighted by Gasteiger charge is -2.41. The molecule has 8 nitrogen and oxygen atoms in total. The fourth-order valence-corrected chi connectivity index (χ4v) is 4.24. The van der Waals surface area contributed by atoms with E-state index >= 15 is 0 Å². The number of carbonyl (C=O) groups excluding carboxylic acids is 2. The van der Waals surface area contributed by atoms with Crippen LogP contribution in [-0.2, 0) is 11.2 Å². The molecule has 2 fully saturated rings. The molecule has 2 aromatic heterocycles. The van der Waals surface area contributed by atoms with E-state index in [9.17, 15) is 9.59 Å². The highest BCUT2D eigenvalue weighted by Gasteiger charge is 2.37. The Morgan fingerprint density at radius 3 is 2.81 bits per heavy atom. The molecular weight excluding hydrogens is 346 g/mol. The Balaban J connectivity index is 1.46. The number of hydrogen-bond acceptors (Lipinski definition) is 5. The number of aliphatic hydroxyl groups excluding tert-OH is 1. The van der Waals surface area contributed by atoms with Crippen LogP contribution in [0.2, 0.25) is 0 Å². The Labute approximate surface area is 157 Å². The topological polar surface area (TPSA) is 99.8 Å². The normalized spacial score (nSPS) is 19.9. The van der Waals surface area contributed by atoms with Crippen LogP contribution in [0.1, 0.15) is 48.0 Å². The summed E-state index contributed by atoms with van der Waals surface area (Å²) in [6.07, 6.45) is 9.92. The van der Waals surface area contributed by atoms with E-state index < -0.39 is 0 Å². The summed E-state index contributed by atoms with van der Waals surface area (Å²) in [5.74, 6) is 0.105. The molecule has 27 heavy (non-hydrogen) atoms. The van der Waals surface area contributed by atoms with Crippen molar-refractivity contribution in [2.75, 3.05) is 26.2 Å². The van der Waals surface area contributed by atoms with Crippen molar-refractivity contribution in [2.45, 2.75) is 38.5 Å². The Morgan fingerprint density at radius 2 is 2.04 bits per heavy atom. The predicted molar refractivity (Wildman–Crippen MR) is 98.2 cm³/mol. The molecule has 2 aliphatic heterocycles. The van der Waals surface area contributed by atoms with Crippen LogP contribution in [0.5, 0.6) is 0 Å². The lowest BCUT2D eigenvalue weighted by molar-refractivity contribution is -0.121. The average molecular weight is 371 g/mol. The third-order valence-electron chi connectivity index (χ3n) is 6.01. The molecule has 0 bridgehead atoms. The molecule has 2 aliphatic rings. The van der Waals surface area contributed by atoms with Crippen LogP contribution in [0.4, 0.5) is 0 Å². The van der Waals surface area contributed by atoms with Gasteiger partial charge in [0, 0.05) is 45.1 Å². The number of likely N-dealkylation sites (tertiary alicyclic amines) is 1. The van der Waals surface area contributed by atoms with Crippen LogP contribution in [0.15, 0.2) is 18.6 Å². The van der Waals surface area contributed by atoms with Crippen molar-refractivity contribution in [2.24, 2.45) is 5.41 Å². The van der Waals surface area contributed by atoms with Gasteiger partial charge in [0.25, 0.3) is 5.91 Å². The number of amides is 2. The highest BCUT2D eigenvalue weighted by atomic mass is 16.3. The van der Waals surface area contributed by atoms with Gasteiger partial charge >= 0.3 is 0 Å². The second-order valence-corrected chi connectivity index (χ2v) is 7.65. The fraction of sp³-hybridized carbons (Fsp3) is 0.579. The first-order chi connectivity index (χ1) is 13.1. The largest absolute Gasteiger partial charge is 0.396 e. The maximum Gasteiger partial charge on any atom is 0.259 e. The molecule has 0 saturated carbocycles. The third kappa shape index (κ3) is 3.53. The quantitative estimate of drug-likeness (QED) is 0.831. The number of fused-ring (bicyclic) bond motifs is 1. The molecular formula is C19H25N5O3. The fourth-order valence-electron chi connectivity index (χ4n) is 4.24. The van der Waals surface area contributed by atoms with Gasteiger partial charge in [-0.15, -0.1) is 0 Å². The van der Waals surface area contributed by atoms with Gasteiger partial charge in [-0.3, -0.25) is 9.59 Å². The van der Waals surface area contributed by atoms with Gasteiger partial charge in [0.1, 0.15) is 5.56 Å². The lowest BCUT2D eigenvalue weighted by atomic mass is 9.73. The van der Waals surface area contributed by atoms with Gasteiger partial charge in [-0.25, -0.2) is 9.50 Å². The minimum atomic E-state index is -0.0370. The first-order valence-electron chi connectivity index (χ1n) is 9.59. The molecule has 4 rings (SSSR count). The molecule has 144 valence electrons. The number of hydrogen-bond donors (Lipinski definition) is 2. The summed E-state index contributed by atoms with van der Waals surface area (Å²) < 4.78 is 1.60. The van der Waals surface area contributed by atoms with Gasteiger partial charge in [0.15, 0.2) is 5.65 Å². The summed E-state index contributed by atoms with van der Waals surface area (Å²) in [6, 6.07) is 0. The zero-order chi connectivity index (χ0) is 18.9. The second kappa shape index (κ2) is 7.26. The molecule has 0 unspecified atom stereocenters. The zero-order valence-electron chi connectivity index (χ0n) is 15.4. The number of aromatic nitrogens is 3. The Hall–Kier alpha value is -2.48. The molecule has 0 radical (unpaired) electrons. The third-order valence-corrected chi connectivity index (χ3v) is 6.01. The van der Waals surface area contributed by atoms with E-state index in [-0.39, 0.29) is 23.8 Å². The van der Waals surface area contributed by atoms with Gasteiger partial charge in [-0.1, -0.05) is 0 Å². The van der Waals surface area contributed by atoms with E-state index in [0.717, 1.165) is 37.8 Å². The highest BCUT2D eigenvalue weighted by molar-refractivity contribution is 5.99. The summed E-state index contributed by atoms with van der Waals surface area (Å²) in [6.45, 7) is 2.19. The van der Waals surface area contributed by atoms with Crippen LogP contribution in [0, 0.1) is 5.41 Å². The van der Waals surface area contributed by atoms with E-state index in [4.69, 9.17) is 5.11 Å². The monoisotopic (exact) mass is 371 g/mol. The molecule has 2 amide bonds. The smallest absolute Gasteiger partial charge is 0.259 e. The molecule has 2 saturated heterocycles. The van der Waals surface area contributed by atoms with Crippen LogP contribution >= 0.6 is 0 Å². The zero-order valence-corrected chi connectivity index (χ0v) is 15.4. The molecule has 0 aliphatic carbocycles. The summed E-state index contributed by atoms with van der Waals surface area (Å²) in [7, 11) is 0. The number of nitrogens with one attached hydrogen (secondary N) is 1. The summed E-state index contributed by atoms with van der Waals surface area (Å²) in [5, 5.41) is 16.3. The standard InChI is InChI=1S/C19H25N5O3/c25-10-2-14-11-21-17-15(12-22-24(17)13-14)18(27)23-8-5-19(6-9-23)3-1-16(26)20-7-4-19/h11-13,25H,1-10H2,(H,20,26). The van der Waals surface area contributed by atoms with E-state index in [1.807, 2.05) is 4.90 Å².